The molecule has 3 rings (SSSR count). The number of rotatable bonds is 6. The van der Waals surface area contributed by atoms with E-state index in [1.807, 2.05) is 42.2 Å². The smallest absolute Gasteiger partial charge is 0.320 e. The quantitative estimate of drug-likeness (QED) is 0.575. The van der Waals surface area contributed by atoms with Crippen molar-refractivity contribution < 1.29 is 4.79 Å². The molecule has 0 spiro atoms. The van der Waals surface area contributed by atoms with Gasteiger partial charge in [0.15, 0.2) is 0 Å². The minimum absolute atomic E-state index is 0.0667. The third kappa shape index (κ3) is 5.46. The largest absolute Gasteiger partial charge is 0.322 e. The Balaban J connectivity index is 1.74. The van der Waals surface area contributed by atoms with E-state index in [1.165, 1.54) is 16.7 Å². The summed E-state index contributed by atoms with van der Waals surface area (Å²) in [6.07, 6.45) is 0.827. The summed E-state index contributed by atoms with van der Waals surface area (Å²) in [7, 11) is 0. The van der Waals surface area contributed by atoms with Crippen LogP contribution in [0.1, 0.15) is 27.8 Å². The Bertz CT molecular complexity index is 917. The van der Waals surface area contributed by atoms with Gasteiger partial charge in [0.1, 0.15) is 0 Å². The SMILES string of the molecule is Cc1ccc(CCN(Cc2ccccc2)C(=O)Nc2ccc(C)cc2C)cc1. The van der Waals surface area contributed by atoms with Crippen LogP contribution in [0.4, 0.5) is 10.5 Å². The highest BCUT2D eigenvalue weighted by Crippen LogP contribution is 2.17. The zero-order valence-electron chi connectivity index (χ0n) is 16.9. The molecular formula is C25H28N2O. The van der Waals surface area contributed by atoms with Gasteiger partial charge in [-0.15, -0.1) is 0 Å². The lowest BCUT2D eigenvalue weighted by Crippen LogP contribution is -2.36. The van der Waals surface area contributed by atoms with Gasteiger partial charge in [0.25, 0.3) is 0 Å². The van der Waals surface area contributed by atoms with Crippen LogP contribution in [0.2, 0.25) is 0 Å². The van der Waals surface area contributed by atoms with Gasteiger partial charge >= 0.3 is 6.03 Å². The summed E-state index contributed by atoms with van der Waals surface area (Å²) in [4.78, 5) is 14.9. The van der Waals surface area contributed by atoms with E-state index in [9.17, 15) is 4.79 Å². The molecule has 1 N–H and O–H groups in total. The number of nitrogens with one attached hydrogen (secondary N) is 1. The lowest BCUT2D eigenvalue weighted by Gasteiger charge is -2.24. The van der Waals surface area contributed by atoms with E-state index >= 15 is 0 Å². The zero-order valence-corrected chi connectivity index (χ0v) is 16.9. The molecule has 2 amide bonds. The summed E-state index contributed by atoms with van der Waals surface area (Å²) < 4.78 is 0. The van der Waals surface area contributed by atoms with Crippen molar-refractivity contribution in [1.29, 1.82) is 0 Å². The molecule has 0 unspecified atom stereocenters. The maximum atomic E-state index is 13.0. The molecular weight excluding hydrogens is 344 g/mol. The van der Waals surface area contributed by atoms with Crippen LogP contribution in [0, 0.1) is 20.8 Å². The highest BCUT2D eigenvalue weighted by molar-refractivity contribution is 5.90. The lowest BCUT2D eigenvalue weighted by molar-refractivity contribution is 0.210. The highest BCUT2D eigenvalue weighted by atomic mass is 16.2. The van der Waals surface area contributed by atoms with E-state index in [-0.39, 0.29) is 6.03 Å². The molecule has 28 heavy (non-hydrogen) atoms. The summed E-state index contributed by atoms with van der Waals surface area (Å²) in [6.45, 7) is 7.42. The summed E-state index contributed by atoms with van der Waals surface area (Å²) >= 11 is 0. The standard InChI is InChI=1S/C25H28N2O/c1-19-9-12-22(13-10-19)15-16-27(18-23-7-5-4-6-8-23)25(28)26-24-14-11-20(2)17-21(24)3/h4-14,17H,15-16,18H2,1-3H3,(H,26,28). The first-order valence-electron chi connectivity index (χ1n) is 9.74. The summed E-state index contributed by atoms with van der Waals surface area (Å²) in [6, 6.07) is 24.7. The molecule has 0 radical (unpaired) electrons. The molecule has 0 bridgehead atoms. The summed E-state index contributed by atoms with van der Waals surface area (Å²) in [5, 5.41) is 3.09. The summed E-state index contributed by atoms with van der Waals surface area (Å²) in [5.41, 5.74) is 6.74. The average molecular weight is 373 g/mol. The fourth-order valence-corrected chi connectivity index (χ4v) is 3.22. The molecule has 3 nitrogen and oxygen atoms in total. The van der Waals surface area contributed by atoms with Gasteiger partial charge in [-0.2, -0.15) is 0 Å². The Morgan fingerprint density at radius 2 is 1.50 bits per heavy atom. The van der Waals surface area contributed by atoms with Crippen LogP contribution in [-0.4, -0.2) is 17.5 Å². The number of benzene rings is 3. The Kier molecular flexibility index (Phi) is 6.49. The molecule has 0 heterocycles. The van der Waals surface area contributed by atoms with Crippen LogP contribution < -0.4 is 5.32 Å². The third-order valence-electron chi connectivity index (χ3n) is 4.92. The van der Waals surface area contributed by atoms with Gasteiger partial charge in [-0.3, -0.25) is 0 Å². The van der Waals surface area contributed by atoms with Crippen LogP contribution in [0.25, 0.3) is 0 Å². The minimum Gasteiger partial charge on any atom is -0.320 e. The molecule has 0 fully saturated rings. The molecule has 0 aromatic heterocycles. The molecule has 0 saturated carbocycles. The Morgan fingerprint density at radius 3 is 2.18 bits per heavy atom. The van der Waals surface area contributed by atoms with Crippen molar-refractivity contribution in [3.63, 3.8) is 0 Å². The minimum atomic E-state index is -0.0667. The van der Waals surface area contributed by atoms with Gasteiger partial charge in [-0.05, 0) is 49.9 Å². The van der Waals surface area contributed by atoms with Crippen LogP contribution >= 0.6 is 0 Å². The molecule has 0 aliphatic rings. The summed E-state index contributed by atoms with van der Waals surface area (Å²) in [5.74, 6) is 0. The molecule has 0 aliphatic carbocycles. The average Bonchev–Trinajstić information content (AvgIpc) is 2.69. The number of carbonyl (C=O) groups is 1. The van der Waals surface area contributed by atoms with Crippen molar-refractivity contribution in [3.8, 4) is 0 Å². The Labute approximate surface area is 168 Å². The monoisotopic (exact) mass is 372 g/mol. The second-order valence-corrected chi connectivity index (χ2v) is 7.39. The third-order valence-corrected chi connectivity index (χ3v) is 4.92. The molecule has 0 atom stereocenters. The van der Waals surface area contributed by atoms with Crippen LogP contribution in [-0.2, 0) is 13.0 Å². The molecule has 3 heteroatoms. The van der Waals surface area contributed by atoms with Gasteiger partial charge in [0.05, 0.1) is 0 Å². The van der Waals surface area contributed by atoms with Gasteiger partial charge in [-0.1, -0.05) is 77.9 Å². The number of carbonyl (C=O) groups excluding carboxylic acids is 1. The fraction of sp³-hybridized carbons (Fsp3) is 0.240. The van der Waals surface area contributed by atoms with Gasteiger partial charge in [-0.25, -0.2) is 4.79 Å². The van der Waals surface area contributed by atoms with Crippen molar-refractivity contribution in [2.24, 2.45) is 0 Å². The molecule has 3 aromatic rings. The van der Waals surface area contributed by atoms with Gasteiger partial charge in [0, 0.05) is 18.8 Å². The molecule has 0 aliphatic heterocycles. The Morgan fingerprint density at radius 1 is 0.821 bits per heavy atom. The zero-order chi connectivity index (χ0) is 19.9. The highest BCUT2D eigenvalue weighted by Gasteiger charge is 2.15. The second-order valence-electron chi connectivity index (χ2n) is 7.39. The molecule has 3 aromatic carbocycles. The van der Waals surface area contributed by atoms with Gasteiger partial charge in [0.2, 0.25) is 0 Å². The molecule has 144 valence electrons. The number of amides is 2. The van der Waals surface area contributed by atoms with Crippen molar-refractivity contribution >= 4 is 11.7 Å². The molecule has 0 saturated heterocycles. The van der Waals surface area contributed by atoms with Crippen molar-refractivity contribution in [3.05, 3.63) is 101 Å². The number of nitrogens with zero attached hydrogens (tertiary/aromatic N) is 1. The van der Waals surface area contributed by atoms with E-state index in [4.69, 9.17) is 0 Å². The van der Waals surface area contributed by atoms with Crippen molar-refractivity contribution in [2.75, 3.05) is 11.9 Å². The maximum absolute atomic E-state index is 13.0. The first-order valence-corrected chi connectivity index (χ1v) is 9.74. The van der Waals surface area contributed by atoms with E-state index in [2.05, 4.69) is 61.6 Å². The maximum Gasteiger partial charge on any atom is 0.322 e. The number of hydrogen-bond donors (Lipinski definition) is 1. The Hall–Kier alpha value is -3.07. The lowest BCUT2D eigenvalue weighted by atomic mass is 10.1. The second kappa shape index (κ2) is 9.23. The van der Waals surface area contributed by atoms with Crippen molar-refractivity contribution in [1.82, 2.24) is 4.90 Å². The first-order chi connectivity index (χ1) is 13.5. The number of anilines is 1. The number of hydrogen-bond acceptors (Lipinski definition) is 1. The van der Waals surface area contributed by atoms with E-state index in [1.54, 1.807) is 0 Å². The van der Waals surface area contributed by atoms with E-state index in [0.717, 1.165) is 23.2 Å². The first kappa shape index (κ1) is 19.7. The normalized spacial score (nSPS) is 10.5. The van der Waals surface area contributed by atoms with Crippen LogP contribution in [0.3, 0.4) is 0 Å². The predicted octanol–water partition coefficient (Wildman–Crippen LogP) is 5.89. The van der Waals surface area contributed by atoms with E-state index in [0.29, 0.717) is 13.1 Å². The van der Waals surface area contributed by atoms with Gasteiger partial charge < -0.3 is 10.2 Å². The van der Waals surface area contributed by atoms with E-state index < -0.39 is 0 Å². The van der Waals surface area contributed by atoms with Crippen LogP contribution in [0.15, 0.2) is 72.8 Å². The predicted molar refractivity (Wildman–Crippen MR) is 117 cm³/mol. The fourth-order valence-electron chi connectivity index (χ4n) is 3.22. The number of urea groups is 1. The number of aryl methyl sites for hydroxylation is 3. The topological polar surface area (TPSA) is 32.3 Å². The van der Waals surface area contributed by atoms with Crippen LogP contribution in [0.5, 0.6) is 0 Å². The van der Waals surface area contributed by atoms with Crippen molar-refractivity contribution in [2.45, 2.75) is 33.7 Å².